The van der Waals surface area contributed by atoms with E-state index in [0.29, 0.717) is 0 Å². The van der Waals surface area contributed by atoms with Crippen molar-refractivity contribution < 1.29 is 0 Å². The molecule has 2 unspecified atom stereocenters. The zero-order chi connectivity index (χ0) is 8.27. The van der Waals surface area contributed by atoms with Gasteiger partial charge in [0.05, 0.1) is 0 Å². The lowest BCUT2D eigenvalue weighted by Gasteiger charge is -2.17. The number of rotatable bonds is 3. The van der Waals surface area contributed by atoms with Gasteiger partial charge in [0.2, 0.25) is 0 Å². The first kappa shape index (κ1) is 8.63. The first-order chi connectivity index (χ1) is 5.27. The summed E-state index contributed by atoms with van der Waals surface area (Å²) in [4.78, 5) is 2.33. The van der Waals surface area contributed by atoms with E-state index in [-0.39, 0.29) is 0 Å². The Balaban J connectivity index is 2.34. The molecule has 1 saturated heterocycles. The van der Waals surface area contributed by atoms with Gasteiger partial charge in [-0.05, 0) is 24.5 Å². The van der Waals surface area contributed by atoms with Crippen molar-refractivity contribution in [3.8, 4) is 0 Å². The zero-order valence-corrected chi connectivity index (χ0v) is 7.71. The summed E-state index contributed by atoms with van der Waals surface area (Å²) in [6.45, 7) is 10.9. The van der Waals surface area contributed by atoms with Gasteiger partial charge in [-0.15, -0.1) is 0 Å². The number of hydrogen-bond donors (Lipinski definition) is 0. The summed E-state index contributed by atoms with van der Waals surface area (Å²) in [5.74, 6) is 1.80. The molecule has 0 radical (unpaired) electrons. The molecule has 0 amide bonds. The Hall–Kier alpha value is -0.460. The molecule has 1 fully saturated rings. The van der Waals surface area contributed by atoms with Crippen molar-refractivity contribution in [3.63, 3.8) is 0 Å². The van der Waals surface area contributed by atoms with Crippen LogP contribution in [0, 0.1) is 11.8 Å². The van der Waals surface area contributed by atoms with E-state index in [1.807, 2.05) is 6.20 Å². The molecule has 0 saturated carbocycles. The predicted octanol–water partition coefficient (Wildman–Crippen LogP) is 2.50. The topological polar surface area (TPSA) is 3.24 Å². The second-order valence-electron chi connectivity index (χ2n) is 3.61. The second kappa shape index (κ2) is 3.80. The highest BCUT2D eigenvalue weighted by molar-refractivity contribution is 4.83. The van der Waals surface area contributed by atoms with E-state index in [9.17, 15) is 0 Å². The highest BCUT2D eigenvalue weighted by Crippen LogP contribution is 2.25. The molecule has 0 spiro atoms. The molecule has 2 atom stereocenters. The van der Waals surface area contributed by atoms with Gasteiger partial charge in [0.25, 0.3) is 0 Å². The van der Waals surface area contributed by atoms with Crippen LogP contribution in [-0.2, 0) is 0 Å². The van der Waals surface area contributed by atoms with Crippen molar-refractivity contribution in [1.29, 1.82) is 0 Å². The maximum atomic E-state index is 3.79. The van der Waals surface area contributed by atoms with E-state index in [4.69, 9.17) is 0 Å². The van der Waals surface area contributed by atoms with Crippen LogP contribution in [-0.4, -0.2) is 18.0 Å². The summed E-state index contributed by atoms with van der Waals surface area (Å²) in [5, 5.41) is 0. The van der Waals surface area contributed by atoms with Crippen molar-refractivity contribution in [2.45, 2.75) is 26.7 Å². The third kappa shape index (κ3) is 1.98. The molecule has 1 heterocycles. The SMILES string of the molecule is C=CN1CCC(C(C)CC)C1. The van der Waals surface area contributed by atoms with Crippen LogP contribution in [0.25, 0.3) is 0 Å². The van der Waals surface area contributed by atoms with Crippen LogP contribution in [0.4, 0.5) is 0 Å². The maximum Gasteiger partial charge on any atom is 0.0203 e. The minimum atomic E-state index is 0.889. The molecule has 0 aromatic carbocycles. The van der Waals surface area contributed by atoms with Gasteiger partial charge in [0.15, 0.2) is 0 Å². The Labute approximate surface area is 70.1 Å². The molecule has 1 nitrogen and oxygen atoms in total. The minimum absolute atomic E-state index is 0.889. The molecule has 1 aliphatic heterocycles. The molecule has 1 aliphatic rings. The summed E-state index contributed by atoms with van der Waals surface area (Å²) < 4.78 is 0. The Morgan fingerprint density at radius 2 is 2.45 bits per heavy atom. The van der Waals surface area contributed by atoms with Crippen LogP contribution in [0.3, 0.4) is 0 Å². The maximum absolute atomic E-state index is 3.79. The highest BCUT2D eigenvalue weighted by Gasteiger charge is 2.23. The zero-order valence-electron chi connectivity index (χ0n) is 7.71. The Bertz CT molecular complexity index is 131. The molecule has 64 valence electrons. The second-order valence-corrected chi connectivity index (χ2v) is 3.61. The molecule has 1 heteroatoms. The van der Waals surface area contributed by atoms with E-state index in [2.05, 4.69) is 25.3 Å². The van der Waals surface area contributed by atoms with Gasteiger partial charge in [-0.25, -0.2) is 0 Å². The van der Waals surface area contributed by atoms with Gasteiger partial charge < -0.3 is 4.90 Å². The Kier molecular flexibility index (Phi) is 2.98. The third-order valence-electron chi connectivity index (χ3n) is 2.96. The average molecular weight is 153 g/mol. The molecular formula is C10H19N. The van der Waals surface area contributed by atoms with E-state index >= 15 is 0 Å². The quantitative estimate of drug-likeness (QED) is 0.602. The molecule has 0 bridgehead atoms. The number of hydrogen-bond acceptors (Lipinski definition) is 1. The van der Waals surface area contributed by atoms with Gasteiger partial charge in [-0.3, -0.25) is 0 Å². The van der Waals surface area contributed by atoms with Crippen molar-refractivity contribution in [1.82, 2.24) is 4.90 Å². The fourth-order valence-electron chi connectivity index (χ4n) is 1.78. The van der Waals surface area contributed by atoms with Crippen LogP contribution in [0.5, 0.6) is 0 Å². The van der Waals surface area contributed by atoms with Crippen molar-refractivity contribution >= 4 is 0 Å². The summed E-state index contributed by atoms with van der Waals surface area (Å²) in [6.07, 6.45) is 4.65. The molecule has 1 rings (SSSR count). The lowest BCUT2D eigenvalue weighted by molar-refractivity contribution is 0.345. The Morgan fingerprint density at radius 3 is 2.91 bits per heavy atom. The summed E-state index contributed by atoms with van der Waals surface area (Å²) in [5.41, 5.74) is 0. The third-order valence-corrected chi connectivity index (χ3v) is 2.96. The molecule has 0 N–H and O–H groups in total. The summed E-state index contributed by atoms with van der Waals surface area (Å²) in [7, 11) is 0. The Morgan fingerprint density at radius 1 is 1.73 bits per heavy atom. The van der Waals surface area contributed by atoms with E-state index in [0.717, 1.165) is 11.8 Å². The van der Waals surface area contributed by atoms with Gasteiger partial charge in [0.1, 0.15) is 0 Å². The van der Waals surface area contributed by atoms with Crippen molar-refractivity contribution in [2.75, 3.05) is 13.1 Å². The first-order valence-corrected chi connectivity index (χ1v) is 4.64. The molecular weight excluding hydrogens is 134 g/mol. The van der Waals surface area contributed by atoms with Gasteiger partial charge in [-0.2, -0.15) is 0 Å². The fraction of sp³-hybridized carbons (Fsp3) is 0.800. The summed E-state index contributed by atoms with van der Waals surface area (Å²) in [6, 6.07) is 0. The number of nitrogens with zero attached hydrogens (tertiary/aromatic N) is 1. The monoisotopic (exact) mass is 153 g/mol. The predicted molar refractivity (Wildman–Crippen MR) is 49.3 cm³/mol. The average Bonchev–Trinajstić information content (AvgIpc) is 2.50. The summed E-state index contributed by atoms with van der Waals surface area (Å²) >= 11 is 0. The highest BCUT2D eigenvalue weighted by atomic mass is 15.1. The normalized spacial score (nSPS) is 27.1. The van der Waals surface area contributed by atoms with Crippen LogP contribution < -0.4 is 0 Å². The van der Waals surface area contributed by atoms with E-state index < -0.39 is 0 Å². The van der Waals surface area contributed by atoms with Crippen LogP contribution >= 0.6 is 0 Å². The van der Waals surface area contributed by atoms with Crippen LogP contribution in [0.2, 0.25) is 0 Å². The minimum Gasteiger partial charge on any atom is -0.378 e. The largest absolute Gasteiger partial charge is 0.378 e. The lowest BCUT2D eigenvalue weighted by atomic mass is 9.91. The standard InChI is InChI=1S/C10H19N/c1-4-9(3)10-6-7-11(5-2)8-10/h5,9-10H,2,4,6-8H2,1,3H3. The number of likely N-dealkylation sites (tertiary alicyclic amines) is 1. The van der Waals surface area contributed by atoms with E-state index in [1.165, 1.54) is 25.9 Å². The van der Waals surface area contributed by atoms with Gasteiger partial charge >= 0.3 is 0 Å². The van der Waals surface area contributed by atoms with Crippen molar-refractivity contribution in [2.24, 2.45) is 11.8 Å². The van der Waals surface area contributed by atoms with E-state index in [1.54, 1.807) is 0 Å². The van der Waals surface area contributed by atoms with Crippen LogP contribution in [0.15, 0.2) is 12.8 Å². The van der Waals surface area contributed by atoms with Crippen molar-refractivity contribution in [3.05, 3.63) is 12.8 Å². The first-order valence-electron chi connectivity index (χ1n) is 4.64. The van der Waals surface area contributed by atoms with Gasteiger partial charge in [0, 0.05) is 13.1 Å². The van der Waals surface area contributed by atoms with Crippen LogP contribution in [0.1, 0.15) is 26.7 Å². The fourth-order valence-corrected chi connectivity index (χ4v) is 1.78. The molecule has 0 aromatic heterocycles. The molecule has 11 heavy (non-hydrogen) atoms. The molecule has 0 aliphatic carbocycles. The molecule has 0 aromatic rings. The smallest absolute Gasteiger partial charge is 0.0203 e. The lowest BCUT2D eigenvalue weighted by Crippen LogP contribution is -2.16. The van der Waals surface area contributed by atoms with Gasteiger partial charge in [-0.1, -0.05) is 26.8 Å².